The monoisotopic (exact) mass is 241 g/mol. The molecular formula is C12H23N3S. The second kappa shape index (κ2) is 6.33. The van der Waals surface area contributed by atoms with Crippen molar-refractivity contribution in [2.75, 3.05) is 19.6 Å². The number of aromatic nitrogens is 1. The van der Waals surface area contributed by atoms with Gasteiger partial charge in [0.1, 0.15) is 0 Å². The highest BCUT2D eigenvalue weighted by atomic mass is 32.1. The molecule has 0 amide bonds. The molecule has 0 saturated carbocycles. The fourth-order valence-corrected chi connectivity index (χ4v) is 2.11. The number of thiazole rings is 1. The van der Waals surface area contributed by atoms with Gasteiger partial charge in [0.25, 0.3) is 0 Å². The van der Waals surface area contributed by atoms with E-state index in [-0.39, 0.29) is 5.54 Å². The third-order valence-electron chi connectivity index (χ3n) is 2.28. The van der Waals surface area contributed by atoms with Crippen molar-refractivity contribution in [3.63, 3.8) is 0 Å². The van der Waals surface area contributed by atoms with Gasteiger partial charge in [-0.25, -0.2) is 4.98 Å². The highest BCUT2D eigenvalue weighted by Gasteiger charge is 2.09. The average Bonchev–Trinajstić information content (AvgIpc) is 2.67. The van der Waals surface area contributed by atoms with Crippen LogP contribution in [0.3, 0.4) is 0 Å². The fourth-order valence-electron chi connectivity index (χ4n) is 1.41. The van der Waals surface area contributed by atoms with Crippen molar-refractivity contribution in [3.8, 4) is 0 Å². The molecule has 0 bridgehead atoms. The minimum absolute atomic E-state index is 0.211. The molecule has 1 rings (SSSR count). The topological polar surface area (TPSA) is 37.0 Å². The number of hydrogen-bond donors (Lipinski definition) is 2. The Bertz CT molecular complexity index is 277. The van der Waals surface area contributed by atoms with E-state index in [0.29, 0.717) is 5.92 Å². The first kappa shape index (κ1) is 13.6. The SMILES string of the molecule is CC(CNCCNC(C)(C)C)c1nccs1. The molecule has 0 aliphatic rings. The second-order valence-electron chi connectivity index (χ2n) is 5.15. The lowest BCUT2D eigenvalue weighted by Crippen LogP contribution is -2.40. The Morgan fingerprint density at radius 1 is 1.38 bits per heavy atom. The second-order valence-corrected chi connectivity index (χ2v) is 6.08. The van der Waals surface area contributed by atoms with Crippen molar-refractivity contribution in [1.29, 1.82) is 0 Å². The van der Waals surface area contributed by atoms with E-state index in [1.165, 1.54) is 5.01 Å². The molecule has 92 valence electrons. The van der Waals surface area contributed by atoms with Gasteiger partial charge in [0.15, 0.2) is 0 Å². The third-order valence-corrected chi connectivity index (χ3v) is 3.29. The number of hydrogen-bond acceptors (Lipinski definition) is 4. The first-order valence-corrected chi connectivity index (χ1v) is 6.72. The molecule has 1 aromatic rings. The van der Waals surface area contributed by atoms with Crippen LogP contribution >= 0.6 is 11.3 Å². The summed E-state index contributed by atoms with van der Waals surface area (Å²) in [6.07, 6.45) is 1.87. The molecule has 0 aliphatic carbocycles. The standard InChI is InChI=1S/C12H23N3S/c1-10(11-14-7-8-16-11)9-13-5-6-15-12(2,3)4/h7-8,10,13,15H,5-6,9H2,1-4H3. The molecule has 1 unspecified atom stereocenters. The van der Waals surface area contributed by atoms with Gasteiger partial charge >= 0.3 is 0 Å². The van der Waals surface area contributed by atoms with Crippen molar-refractivity contribution in [2.24, 2.45) is 0 Å². The van der Waals surface area contributed by atoms with E-state index in [4.69, 9.17) is 0 Å². The molecule has 1 heterocycles. The van der Waals surface area contributed by atoms with Crippen LogP contribution in [-0.4, -0.2) is 30.2 Å². The predicted molar refractivity (Wildman–Crippen MR) is 71.2 cm³/mol. The van der Waals surface area contributed by atoms with E-state index in [2.05, 4.69) is 43.3 Å². The molecule has 3 nitrogen and oxygen atoms in total. The molecule has 16 heavy (non-hydrogen) atoms. The Labute approximate surface area is 103 Å². The fraction of sp³-hybridized carbons (Fsp3) is 0.750. The first-order valence-electron chi connectivity index (χ1n) is 5.84. The van der Waals surface area contributed by atoms with Crippen LogP contribution < -0.4 is 10.6 Å². The van der Waals surface area contributed by atoms with E-state index >= 15 is 0 Å². The zero-order valence-electron chi connectivity index (χ0n) is 10.7. The quantitative estimate of drug-likeness (QED) is 0.750. The lowest BCUT2D eigenvalue weighted by Gasteiger charge is -2.20. The number of nitrogens with zero attached hydrogens (tertiary/aromatic N) is 1. The predicted octanol–water partition coefficient (Wildman–Crippen LogP) is 2.22. The van der Waals surface area contributed by atoms with Gasteiger partial charge in [-0.05, 0) is 20.8 Å². The average molecular weight is 241 g/mol. The summed E-state index contributed by atoms with van der Waals surface area (Å²) in [4.78, 5) is 4.32. The highest BCUT2D eigenvalue weighted by molar-refractivity contribution is 7.09. The summed E-state index contributed by atoms with van der Waals surface area (Å²) in [6.45, 7) is 11.8. The van der Waals surface area contributed by atoms with Gasteiger partial charge in [0.2, 0.25) is 0 Å². The first-order chi connectivity index (χ1) is 7.49. The third kappa shape index (κ3) is 5.58. The zero-order chi connectivity index (χ0) is 12.0. The maximum Gasteiger partial charge on any atom is 0.0965 e. The summed E-state index contributed by atoms with van der Waals surface area (Å²) < 4.78 is 0. The summed E-state index contributed by atoms with van der Waals surface area (Å²) in [5.74, 6) is 0.509. The molecule has 0 saturated heterocycles. The molecule has 0 aromatic carbocycles. The molecule has 1 atom stereocenters. The summed E-state index contributed by atoms with van der Waals surface area (Å²) in [5, 5.41) is 10.2. The van der Waals surface area contributed by atoms with E-state index in [0.717, 1.165) is 19.6 Å². The molecule has 2 N–H and O–H groups in total. The van der Waals surface area contributed by atoms with Gasteiger partial charge < -0.3 is 10.6 Å². The number of nitrogens with one attached hydrogen (secondary N) is 2. The van der Waals surface area contributed by atoms with E-state index in [9.17, 15) is 0 Å². The van der Waals surface area contributed by atoms with Crippen LogP contribution in [0.5, 0.6) is 0 Å². The molecule has 0 spiro atoms. The van der Waals surface area contributed by atoms with Crippen molar-refractivity contribution in [2.45, 2.75) is 39.2 Å². The van der Waals surface area contributed by atoms with Crippen molar-refractivity contribution >= 4 is 11.3 Å². The smallest absolute Gasteiger partial charge is 0.0965 e. The molecule has 0 aliphatic heterocycles. The van der Waals surface area contributed by atoms with Gasteiger partial charge in [-0.3, -0.25) is 0 Å². The zero-order valence-corrected chi connectivity index (χ0v) is 11.5. The van der Waals surface area contributed by atoms with Crippen LogP contribution in [0.4, 0.5) is 0 Å². The lowest BCUT2D eigenvalue weighted by molar-refractivity contribution is 0.420. The van der Waals surface area contributed by atoms with Crippen LogP contribution in [0, 0.1) is 0 Å². The van der Waals surface area contributed by atoms with E-state index in [1.54, 1.807) is 11.3 Å². The molecule has 1 aromatic heterocycles. The van der Waals surface area contributed by atoms with Gasteiger partial charge in [-0.2, -0.15) is 0 Å². The Morgan fingerprint density at radius 2 is 2.12 bits per heavy atom. The van der Waals surface area contributed by atoms with Crippen LogP contribution in [-0.2, 0) is 0 Å². The Balaban J connectivity index is 2.08. The minimum Gasteiger partial charge on any atom is -0.315 e. The summed E-state index contributed by atoms with van der Waals surface area (Å²) in [5.41, 5.74) is 0.211. The lowest BCUT2D eigenvalue weighted by atomic mass is 10.1. The number of rotatable bonds is 6. The van der Waals surface area contributed by atoms with Crippen LogP contribution in [0.1, 0.15) is 38.6 Å². The van der Waals surface area contributed by atoms with Gasteiger partial charge in [0.05, 0.1) is 5.01 Å². The van der Waals surface area contributed by atoms with Crippen molar-refractivity contribution in [3.05, 3.63) is 16.6 Å². The normalized spacial score (nSPS) is 14.0. The van der Waals surface area contributed by atoms with Crippen LogP contribution in [0.25, 0.3) is 0 Å². The maximum absolute atomic E-state index is 4.32. The maximum atomic E-state index is 4.32. The van der Waals surface area contributed by atoms with Gasteiger partial charge in [-0.1, -0.05) is 6.92 Å². The Hall–Kier alpha value is -0.450. The molecular weight excluding hydrogens is 218 g/mol. The Morgan fingerprint density at radius 3 is 2.69 bits per heavy atom. The van der Waals surface area contributed by atoms with E-state index in [1.807, 2.05) is 11.6 Å². The molecule has 0 fully saturated rings. The van der Waals surface area contributed by atoms with Crippen molar-refractivity contribution in [1.82, 2.24) is 15.6 Å². The van der Waals surface area contributed by atoms with Gasteiger partial charge in [-0.15, -0.1) is 11.3 Å². The van der Waals surface area contributed by atoms with Crippen molar-refractivity contribution < 1.29 is 0 Å². The minimum atomic E-state index is 0.211. The Kier molecular flexibility index (Phi) is 5.38. The highest BCUT2D eigenvalue weighted by Crippen LogP contribution is 2.15. The molecule has 4 heteroatoms. The summed E-state index contributed by atoms with van der Waals surface area (Å²) in [6, 6.07) is 0. The van der Waals surface area contributed by atoms with Crippen LogP contribution in [0.2, 0.25) is 0 Å². The summed E-state index contributed by atoms with van der Waals surface area (Å²) >= 11 is 1.73. The van der Waals surface area contributed by atoms with E-state index < -0.39 is 0 Å². The largest absolute Gasteiger partial charge is 0.315 e. The molecule has 0 radical (unpaired) electrons. The van der Waals surface area contributed by atoms with Gasteiger partial charge in [0, 0.05) is 42.7 Å². The summed E-state index contributed by atoms with van der Waals surface area (Å²) in [7, 11) is 0. The van der Waals surface area contributed by atoms with Crippen LogP contribution in [0.15, 0.2) is 11.6 Å².